The minimum Gasteiger partial charge on any atom is -0.369 e. The van der Waals surface area contributed by atoms with E-state index < -0.39 is 10.0 Å². The van der Waals surface area contributed by atoms with E-state index in [0.29, 0.717) is 42.5 Å². The van der Waals surface area contributed by atoms with Crippen LogP contribution in [-0.4, -0.2) is 48.7 Å². The Morgan fingerprint density at radius 2 is 1.32 bits per heavy atom. The number of piperazine rings is 1. The van der Waals surface area contributed by atoms with Crippen LogP contribution in [0.15, 0.2) is 65.6 Å². The second-order valence-electron chi connectivity index (χ2n) is 6.97. The average Bonchev–Trinajstić information content (AvgIpc) is 3.04. The van der Waals surface area contributed by atoms with Gasteiger partial charge in [0.25, 0.3) is 0 Å². The van der Waals surface area contributed by atoms with Crippen molar-refractivity contribution in [2.24, 2.45) is 0 Å². The molecule has 0 saturated carbocycles. The maximum atomic E-state index is 13.4. The van der Waals surface area contributed by atoms with Gasteiger partial charge in [-0.2, -0.15) is 9.40 Å². The van der Waals surface area contributed by atoms with E-state index in [2.05, 4.69) is 22.1 Å². The third kappa shape index (κ3) is 3.31. The van der Waals surface area contributed by atoms with E-state index in [4.69, 9.17) is 0 Å². The van der Waals surface area contributed by atoms with Crippen molar-refractivity contribution in [2.75, 3.05) is 31.1 Å². The molecule has 6 nitrogen and oxygen atoms in total. The molecule has 28 heavy (non-hydrogen) atoms. The molecule has 1 fully saturated rings. The van der Waals surface area contributed by atoms with E-state index in [1.165, 1.54) is 0 Å². The predicted octanol–water partition coefficient (Wildman–Crippen LogP) is 3.00. The first-order valence-corrected chi connectivity index (χ1v) is 10.8. The third-order valence-corrected chi connectivity index (χ3v) is 7.34. The highest BCUT2D eigenvalue weighted by atomic mass is 32.2. The van der Waals surface area contributed by atoms with Crippen LogP contribution >= 0.6 is 0 Å². The monoisotopic (exact) mass is 396 g/mol. The van der Waals surface area contributed by atoms with Gasteiger partial charge < -0.3 is 4.90 Å². The van der Waals surface area contributed by atoms with Crippen LogP contribution in [0.2, 0.25) is 0 Å². The van der Waals surface area contributed by atoms with E-state index in [0.717, 1.165) is 11.4 Å². The fourth-order valence-corrected chi connectivity index (χ4v) is 5.55. The van der Waals surface area contributed by atoms with Gasteiger partial charge in [0.15, 0.2) is 0 Å². The minimum absolute atomic E-state index is 0.324. The first-order valence-electron chi connectivity index (χ1n) is 9.40. The number of benzene rings is 2. The van der Waals surface area contributed by atoms with E-state index in [1.807, 2.05) is 55.5 Å². The molecule has 0 atom stereocenters. The van der Waals surface area contributed by atoms with Crippen LogP contribution < -0.4 is 4.90 Å². The number of hydrogen-bond acceptors (Lipinski definition) is 4. The Morgan fingerprint density at radius 3 is 1.89 bits per heavy atom. The second-order valence-corrected chi connectivity index (χ2v) is 8.85. The number of anilines is 1. The molecule has 0 spiro atoms. The van der Waals surface area contributed by atoms with Gasteiger partial charge in [0, 0.05) is 31.9 Å². The Balaban J connectivity index is 1.59. The lowest BCUT2D eigenvalue weighted by Gasteiger charge is -2.35. The zero-order valence-corrected chi connectivity index (χ0v) is 16.9. The molecule has 1 saturated heterocycles. The number of hydrogen-bond donors (Lipinski definition) is 0. The number of aromatic nitrogens is 2. The van der Waals surface area contributed by atoms with Gasteiger partial charge >= 0.3 is 0 Å². The molecule has 0 radical (unpaired) electrons. The second kappa shape index (κ2) is 7.41. The fourth-order valence-electron chi connectivity index (χ4n) is 3.78. The largest absolute Gasteiger partial charge is 0.369 e. The minimum atomic E-state index is -3.59. The summed E-state index contributed by atoms with van der Waals surface area (Å²) < 4.78 is 30.0. The number of rotatable bonds is 4. The zero-order valence-electron chi connectivity index (χ0n) is 16.1. The molecule has 0 unspecified atom stereocenters. The Hall–Kier alpha value is -2.64. The lowest BCUT2D eigenvalue weighted by atomic mass is 10.2. The number of nitrogens with zero attached hydrogens (tertiary/aromatic N) is 4. The predicted molar refractivity (Wildman–Crippen MR) is 110 cm³/mol. The average molecular weight is 397 g/mol. The van der Waals surface area contributed by atoms with Crippen LogP contribution in [0.5, 0.6) is 0 Å². The Morgan fingerprint density at radius 1 is 0.786 bits per heavy atom. The molecule has 2 aromatic carbocycles. The fraction of sp³-hybridized carbons (Fsp3) is 0.286. The summed E-state index contributed by atoms with van der Waals surface area (Å²) in [5, 5.41) is 4.50. The molecule has 2 heterocycles. The van der Waals surface area contributed by atoms with E-state index in [-0.39, 0.29) is 0 Å². The van der Waals surface area contributed by atoms with Gasteiger partial charge in [-0.1, -0.05) is 36.4 Å². The van der Waals surface area contributed by atoms with Crippen LogP contribution in [0.1, 0.15) is 11.4 Å². The van der Waals surface area contributed by atoms with Crippen LogP contribution in [0, 0.1) is 13.8 Å². The highest BCUT2D eigenvalue weighted by Gasteiger charge is 2.33. The van der Waals surface area contributed by atoms with Crippen molar-refractivity contribution >= 4 is 15.7 Å². The van der Waals surface area contributed by atoms with Crippen molar-refractivity contribution in [3.8, 4) is 5.69 Å². The summed E-state index contributed by atoms with van der Waals surface area (Å²) in [4.78, 5) is 2.54. The number of sulfonamides is 1. The molecular weight excluding hydrogens is 372 g/mol. The molecule has 1 aliphatic heterocycles. The summed E-state index contributed by atoms with van der Waals surface area (Å²) in [6.07, 6.45) is 0. The zero-order chi connectivity index (χ0) is 19.7. The normalized spacial score (nSPS) is 15.7. The van der Waals surface area contributed by atoms with E-state index >= 15 is 0 Å². The number of aryl methyl sites for hydroxylation is 1. The lowest BCUT2D eigenvalue weighted by Crippen LogP contribution is -2.48. The highest BCUT2D eigenvalue weighted by Crippen LogP contribution is 2.27. The summed E-state index contributed by atoms with van der Waals surface area (Å²) in [7, 11) is -3.59. The molecule has 0 bridgehead atoms. The lowest BCUT2D eigenvalue weighted by molar-refractivity contribution is 0.384. The SMILES string of the molecule is Cc1nn(-c2ccccc2)c(C)c1S(=O)(=O)N1CCN(c2ccccc2)CC1. The maximum absolute atomic E-state index is 13.4. The summed E-state index contributed by atoms with van der Waals surface area (Å²) in [6, 6.07) is 19.7. The van der Waals surface area contributed by atoms with E-state index in [1.54, 1.807) is 15.9 Å². The van der Waals surface area contributed by atoms with Gasteiger partial charge in [0.2, 0.25) is 10.0 Å². The van der Waals surface area contributed by atoms with Crippen LogP contribution in [0.4, 0.5) is 5.69 Å². The van der Waals surface area contributed by atoms with Crippen molar-refractivity contribution in [3.05, 3.63) is 72.1 Å². The van der Waals surface area contributed by atoms with Crippen LogP contribution in [0.25, 0.3) is 5.69 Å². The quantitative estimate of drug-likeness (QED) is 0.680. The Labute approximate surface area is 166 Å². The smallest absolute Gasteiger partial charge is 0.246 e. The molecule has 4 rings (SSSR count). The van der Waals surface area contributed by atoms with Gasteiger partial charge in [0.1, 0.15) is 4.90 Å². The van der Waals surface area contributed by atoms with Crippen molar-refractivity contribution in [2.45, 2.75) is 18.7 Å². The van der Waals surface area contributed by atoms with Crippen molar-refractivity contribution in [3.63, 3.8) is 0 Å². The molecule has 146 valence electrons. The molecule has 0 amide bonds. The molecular formula is C21H24N4O2S. The summed E-state index contributed by atoms with van der Waals surface area (Å²) in [5.74, 6) is 0. The standard InChI is InChI=1S/C21H24N4O2S/c1-17-21(18(2)25(22-17)20-11-7-4-8-12-20)28(26,27)24-15-13-23(14-16-24)19-9-5-3-6-10-19/h3-12H,13-16H2,1-2H3. The topological polar surface area (TPSA) is 58.4 Å². The summed E-state index contributed by atoms with van der Waals surface area (Å²) in [6.45, 7) is 5.86. The first kappa shape index (κ1) is 18.7. The van der Waals surface area contributed by atoms with Gasteiger partial charge in [-0.25, -0.2) is 13.1 Å². The highest BCUT2D eigenvalue weighted by molar-refractivity contribution is 7.89. The Kier molecular flexibility index (Phi) is 4.95. The molecule has 1 aliphatic rings. The number of para-hydroxylation sites is 2. The first-order chi connectivity index (χ1) is 13.5. The summed E-state index contributed by atoms with van der Waals surface area (Å²) >= 11 is 0. The molecule has 7 heteroatoms. The molecule has 1 aromatic heterocycles. The summed E-state index contributed by atoms with van der Waals surface area (Å²) in [5.41, 5.74) is 3.17. The van der Waals surface area contributed by atoms with Crippen LogP contribution in [-0.2, 0) is 10.0 Å². The van der Waals surface area contributed by atoms with Crippen molar-refractivity contribution < 1.29 is 8.42 Å². The van der Waals surface area contributed by atoms with Gasteiger partial charge in [-0.15, -0.1) is 0 Å². The van der Waals surface area contributed by atoms with Gasteiger partial charge in [-0.3, -0.25) is 0 Å². The molecule has 3 aromatic rings. The maximum Gasteiger partial charge on any atom is 0.246 e. The van der Waals surface area contributed by atoms with Crippen molar-refractivity contribution in [1.82, 2.24) is 14.1 Å². The molecule has 0 N–H and O–H groups in total. The van der Waals surface area contributed by atoms with Crippen LogP contribution in [0.3, 0.4) is 0 Å². The molecule has 0 aliphatic carbocycles. The Bertz CT molecular complexity index is 1050. The van der Waals surface area contributed by atoms with Crippen molar-refractivity contribution in [1.29, 1.82) is 0 Å². The van der Waals surface area contributed by atoms with Gasteiger partial charge in [-0.05, 0) is 38.1 Å². The van der Waals surface area contributed by atoms with E-state index in [9.17, 15) is 8.42 Å². The van der Waals surface area contributed by atoms with Gasteiger partial charge in [0.05, 0.1) is 17.1 Å². The third-order valence-electron chi connectivity index (χ3n) is 5.18.